The Morgan fingerprint density at radius 1 is 0.444 bits per heavy atom. The molecule has 0 radical (unpaired) electrons. The predicted octanol–water partition coefficient (Wildman–Crippen LogP) is 15.6. The van der Waals surface area contributed by atoms with Gasteiger partial charge in [-0.15, -0.1) is 11.3 Å². The number of hydrogen-bond donors (Lipinski definition) is 0. The summed E-state index contributed by atoms with van der Waals surface area (Å²) in [4.78, 5) is 7.85. The molecule has 6 aromatic carbocycles. The van der Waals surface area contributed by atoms with E-state index in [0.717, 1.165) is 17.1 Å². The highest BCUT2D eigenvalue weighted by Gasteiger charge is 2.44. The van der Waals surface area contributed by atoms with E-state index < -0.39 is 0 Å². The lowest BCUT2D eigenvalue weighted by Crippen LogP contribution is -2.59. The number of fused-ring (bicyclic) bond motifs is 6. The molecule has 0 aliphatic carbocycles. The lowest BCUT2D eigenvalue weighted by molar-refractivity contribution is 0.588. The molecule has 2 nitrogen and oxygen atoms in total. The van der Waals surface area contributed by atoms with Crippen LogP contribution >= 0.6 is 23.1 Å². The number of benzene rings is 6. The Kier molecular flexibility index (Phi) is 10.3. The molecule has 0 amide bonds. The zero-order chi connectivity index (χ0) is 45.2. The highest BCUT2D eigenvalue weighted by atomic mass is 32.2. The van der Waals surface area contributed by atoms with Gasteiger partial charge >= 0.3 is 0 Å². The summed E-state index contributed by atoms with van der Waals surface area (Å²) in [5.74, 6) is 0. The van der Waals surface area contributed by atoms with Crippen LogP contribution in [-0.2, 0) is 27.1 Å². The summed E-state index contributed by atoms with van der Waals surface area (Å²) < 4.78 is 2.83. The van der Waals surface area contributed by atoms with Crippen molar-refractivity contribution in [3.8, 4) is 0 Å². The quantitative estimate of drug-likeness (QED) is 0.163. The van der Waals surface area contributed by atoms with Gasteiger partial charge in [0.25, 0.3) is 6.71 Å². The molecule has 3 heterocycles. The van der Waals surface area contributed by atoms with Crippen LogP contribution in [0.25, 0.3) is 10.1 Å². The SMILES string of the molecule is CC(C)(C)c1ccc(N(c2ccc(C(C)(C)C)cc2)c2ccc3c(c2)N(c2ccc(C(C)(C)C)cc2)c2cc(C(C)(C)C)cc4c2B3c2sc3ccc(C(C)(C)C)cc3c2S4)cc1. The smallest absolute Gasteiger partial charge is 0.262 e. The summed E-state index contributed by atoms with van der Waals surface area (Å²) in [6, 6.07) is 47.5. The molecular weight excluding hydrogens is 800 g/mol. The third-order valence-electron chi connectivity index (χ3n) is 13.3. The summed E-state index contributed by atoms with van der Waals surface area (Å²) in [6.45, 7) is 34.8. The van der Waals surface area contributed by atoms with E-state index in [-0.39, 0.29) is 33.8 Å². The molecule has 0 N–H and O–H groups in total. The fraction of sp³-hybridized carbons (Fsp3) is 0.345. The number of hydrogen-bond acceptors (Lipinski definition) is 4. The van der Waals surface area contributed by atoms with Gasteiger partial charge in [0.15, 0.2) is 0 Å². The van der Waals surface area contributed by atoms with Gasteiger partial charge in [0.05, 0.1) is 0 Å². The maximum atomic E-state index is 2.59. The number of anilines is 6. The summed E-state index contributed by atoms with van der Waals surface area (Å²) in [6.07, 6.45) is 0. The Balaban J connectivity index is 1.33. The lowest BCUT2D eigenvalue weighted by Gasteiger charge is -2.41. The first kappa shape index (κ1) is 43.5. The van der Waals surface area contributed by atoms with Crippen LogP contribution in [0.4, 0.5) is 34.1 Å². The summed E-state index contributed by atoms with van der Waals surface area (Å²) in [5, 5.41) is 1.39. The summed E-state index contributed by atoms with van der Waals surface area (Å²) >= 11 is 3.99. The van der Waals surface area contributed by atoms with Crippen LogP contribution in [0.3, 0.4) is 0 Å². The Labute approximate surface area is 387 Å². The van der Waals surface area contributed by atoms with Crippen molar-refractivity contribution in [3.05, 3.63) is 149 Å². The minimum absolute atomic E-state index is 0.0445. The third-order valence-corrected chi connectivity index (χ3v) is 15.9. The van der Waals surface area contributed by atoms with Gasteiger partial charge in [-0.25, -0.2) is 0 Å². The van der Waals surface area contributed by atoms with E-state index in [2.05, 4.69) is 235 Å². The van der Waals surface area contributed by atoms with Gasteiger partial charge in [0.1, 0.15) is 0 Å². The zero-order valence-electron chi connectivity index (χ0n) is 40.3. The van der Waals surface area contributed by atoms with Crippen LogP contribution in [-0.4, -0.2) is 6.71 Å². The molecule has 0 spiro atoms. The molecule has 2 aliphatic rings. The molecule has 0 saturated heterocycles. The van der Waals surface area contributed by atoms with Gasteiger partial charge in [0.2, 0.25) is 0 Å². The van der Waals surface area contributed by atoms with Crippen molar-refractivity contribution >= 4 is 89.7 Å². The molecule has 0 saturated carbocycles. The van der Waals surface area contributed by atoms with E-state index in [9.17, 15) is 0 Å². The van der Waals surface area contributed by atoms with Gasteiger partial charge in [-0.3, -0.25) is 0 Å². The molecule has 7 aromatic rings. The third kappa shape index (κ3) is 7.86. The zero-order valence-corrected chi connectivity index (χ0v) is 42.0. The van der Waals surface area contributed by atoms with Crippen LogP contribution in [0, 0.1) is 0 Å². The molecule has 0 atom stereocenters. The second kappa shape index (κ2) is 14.9. The van der Waals surface area contributed by atoms with Gasteiger partial charge in [-0.1, -0.05) is 164 Å². The molecule has 0 unspecified atom stereocenters. The first-order chi connectivity index (χ1) is 29.4. The topological polar surface area (TPSA) is 6.48 Å². The van der Waals surface area contributed by atoms with Crippen molar-refractivity contribution in [2.45, 2.75) is 141 Å². The van der Waals surface area contributed by atoms with E-state index in [1.165, 1.54) is 80.5 Å². The van der Waals surface area contributed by atoms with E-state index in [1.807, 2.05) is 23.1 Å². The van der Waals surface area contributed by atoms with Crippen molar-refractivity contribution in [1.29, 1.82) is 0 Å². The molecule has 1 aromatic heterocycles. The van der Waals surface area contributed by atoms with Crippen molar-refractivity contribution in [2.75, 3.05) is 9.80 Å². The van der Waals surface area contributed by atoms with Gasteiger partial charge in [0, 0.05) is 54.0 Å². The highest BCUT2D eigenvalue weighted by Crippen LogP contribution is 2.49. The summed E-state index contributed by atoms with van der Waals surface area (Å²) in [7, 11) is 0. The standard InChI is InChI=1S/C58H65BN2S2/c1-54(2,3)36-16-23-41(24-17-36)60(42-25-18-37(19-26-42)55(4,5)6)44-29-30-46-47(35-44)61(43-27-20-38(21-28-43)56(7,8)9)48-33-40(58(13,14)15)34-50-51(48)59(46)53-52(62-50)45-32-39(57(10,11)12)22-31-49(45)63-53/h16-35H,1-15H3. The molecular formula is C58H65BN2S2. The monoisotopic (exact) mass is 864 g/mol. The van der Waals surface area contributed by atoms with Gasteiger partial charge in [-0.2, -0.15) is 0 Å². The van der Waals surface area contributed by atoms with E-state index in [1.54, 1.807) is 0 Å². The first-order valence-electron chi connectivity index (χ1n) is 22.9. The second-order valence-corrected chi connectivity index (χ2v) is 25.4. The largest absolute Gasteiger partial charge is 0.311 e. The van der Waals surface area contributed by atoms with E-state index >= 15 is 0 Å². The maximum absolute atomic E-state index is 2.59. The predicted molar refractivity (Wildman–Crippen MR) is 280 cm³/mol. The molecule has 0 fully saturated rings. The summed E-state index contributed by atoms with van der Waals surface area (Å²) in [5.41, 5.74) is 16.9. The molecule has 5 heteroatoms. The minimum Gasteiger partial charge on any atom is -0.311 e. The molecule has 0 bridgehead atoms. The van der Waals surface area contributed by atoms with Crippen LogP contribution < -0.4 is 25.5 Å². The fourth-order valence-electron chi connectivity index (χ4n) is 9.29. The van der Waals surface area contributed by atoms with Crippen molar-refractivity contribution in [3.63, 3.8) is 0 Å². The van der Waals surface area contributed by atoms with Crippen molar-refractivity contribution in [1.82, 2.24) is 0 Å². The second-order valence-electron chi connectivity index (χ2n) is 23.3. The highest BCUT2D eigenvalue weighted by molar-refractivity contribution is 8.00. The molecule has 9 rings (SSSR count). The van der Waals surface area contributed by atoms with Crippen LogP contribution in [0.1, 0.15) is 132 Å². The molecule has 63 heavy (non-hydrogen) atoms. The maximum Gasteiger partial charge on any atom is 0.262 e. The Morgan fingerprint density at radius 3 is 1.43 bits per heavy atom. The average Bonchev–Trinajstić information content (AvgIpc) is 3.57. The lowest BCUT2D eigenvalue weighted by atomic mass is 9.37. The van der Waals surface area contributed by atoms with Crippen molar-refractivity contribution in [2.24, 2.45) is 0 Å². The normalized spacial score (nSPS) is 14.1. The average molecular weight is 865 g/mol. The van der Waals surface area contributed by atoms with E-state index in [0.29, 0.717) is 0 Å². The van der Waals surface area contributed by atoms with Gasteiger partial charge in [-0.05, 0) is 143 Å². The number of rotatable bonds is 4. The van der Waals surface area contributed by atoms with Gasteiger partial charge < -0.3 is 9.80 Å². The Bertz CT molecular complexity index is 2810. The first-order valence-corrected chi connectivity index (χ1v) is 24.5. The van der Waals surface area contributed by atoms with E-state index in [4.69, 9.17) is 0 Å². The Hall–Kier alpha value is -4.71. The fourth-order valence-corrected chi connectivity index (χ4v) is 12.1. The molecule has 322 valence electrons. The minimum atomic E-state index is -0.0445. The van der Waals surface area contributed by atoms with Crippen LogP contribution in [0.15, 0.2) is 131 Å². The van der Waals surface area contributed by atoms with Crippen molar-refractivity contribution < 1.29 is 0 Å². The van der Waals surface area contributed by atoms with Crippen LogP contribution in [0.2, 0.25) is 0 Å². The Morgan fingerprint density at radius 2 is 0.921 bits per heavy atom. The molecule has 2 aliphatic heterocycles. The number of nitrogens with zero attached hydrogens (tertiary/aromatic N) is 2. The number of thiophene rings is 1. The van der Waals surface area contributed by atoms with Crippen LogP contribution in [0.5, 0.6) is 0 Å².